The number of benzene rings is 2. The quantitative estimate of drug-likeness (QED) is 0.640. The fourth-order valence-corrected chi connectivity index (χ4v) is 2.80. The van der Waals surface area contributed by atoms with Crippen LogP contribution in [0.3, 0.4) is 0 Å². The first kappa shape index (κ1) is 19.4. The Balaban J connectivity index is 1.71. The van der Waals surface area contributed by atoms with Gasteiger partial charge in [0.1, 0.15) is 23.6 Å². The third kappa shape index (κ3) is 5.07. The summed E-state index contributed by atoms with van der Waals surface area (Å²) in [7, 11) is 0. The third-order valence-corrected chi connectivity index (χ3v) is 4.23. The highest BCUT2D eigenvalue weighted by Crippen LogP contribution is 2.18. The predicted octanol–water partition coefficient (Wildman–Crippen LogP) is 4.15. The largest absolute Gasteiger partial charge is 0.494 e. The minimum absolute atomic E-state index is 0.274. The third-order valence-electron chi connectivity index (χ3n) is 4.23. The SMILES string of the molecule is CCOc1ccc(NC(=O)c2cc(N(CC)Cc3ccccc3)ncn2)cc1. The summed E-state index contributed by atoms with van der Waals surface area (Å²) in [6, 6.07) is 19.1. The Morgan fingerprint density at radius 1 is 1.04 bits per heavy atom. The average molecular weight is 376 g/mol. The van der Waals surface area contributed by atoms with Crippen molar-refractivity contribution in [3.63, 3.8) is 0 Å². The molecular formula is C22H24N4O2. The molecule has 3 aromatic rings. The van der Waals surface area contributed by atoms with Crippen LogP contribution in [0.2, 0.25) is 0 Å². The summed E-state index contributed by atoms with van der Waals surface area (Å²) < 4.78 is 5.41. The maximum atomic E-state index is 12.6. The molecular weight excluding hydrogens is 352 g/mol. The van der Waals surface area contributed by atoms with Gasteiger partial charge in [0, 0.05) is 24.8 Å². The summed E-state index contributed by atoms with van der Waals surface area (Å²) in [6.07, 6.45) is 1.43. The molecule has 0 saturated heterocycles. The van der Waals surface area contributed by atoms with Gasteiger partial charge in [0.25, 0.3) is 5.91 Å². The number of amides is 1. The fraction of sp³-hybridized carbons (Fsp3) is 0.227. The molecule has 144 valence electrons. The van der Waals surface area contributed by atoms with E-state index in [1.165, 1.54) is 11.9 Å². The Kier molecular flexibility index (Phi) is 6.57. The number of nitrogens with zero attached hydrogens (tertiary/aromatic N) is 3. The van der Waals surface area contributed by atoms with E-state index >= 15 is 0 Å². The summed E-state index contributed by atoms with van der Waals surface area (Å²) in [5, 5.41) is 2.86. The summed E-state index contributed by atoms with van der Waals surface area (Å²) in [6.45, 7) is 6.08. The lowest BCUT2D eigenvalue weighted by Crippen LogP contribution is -2.24. The molecule has 28 heavy (non-hydrogen) atoms. The molecule has 0 aliphatic rings. The van der Waals surface area contributed by atoms with Crippen LogP contribution in [-0.2, 0) is 6.54 Å². The number of carbonyl (C=O) groups is 1. The van der Waals surface area contributed by atoms with Crippen LogP contribution in [0.5, 0.6) is 5.75 Å². The number of ether oxygens (including phenoxy) is 1. The highest BCUT2D eigenvalue weighted by molar-refractivity contribution is 6.03. The number of hydrogen-bond donors (Lipinski definition) is 1. The van der Waals surface area contributed by atoms with Gasteiger partial charge in [0.2, 0.25) is 0 Å². The van der Waals surface area contributed by atoms with E-state index in [0.29, 0.717) is 24.5 Å². The predicted molar refractivity (Wildman–Crippen MR) is 111 cm³/mol. The standard InChI is InChI=1S/C22H24N4O2/c1-3-26(15-17-8-6-5-7-9-17)21-14-20(23-16-24-21)22(27)25-18-10-12-19(13-11-18)28-4-2/h5-14,16H,3-4,15H2,1-2H3,(H,25,27). The molecule has 1 amide bonds. The van der Waals surface area contributed by atoms with Crippen molar-refractivity contribution >= 4 is 17.4 Å². The van der Waals surface area contributed by atoms with Crippen LogP contribution in [0.1, 0.15) is 29.9 Å². The first-order valence-corrected chi connectivity index (χ1v) is 9.34. The Labute approximate surface area is 165 Å². The Morgan fingerprint density at radius 3 is 2.46 bits per heavy atom. The number of hydrogen-bond acceptors (Lipinski definition) is 5. The number of carbonyl (C=O) groups excluding carboxylic acids is 1. The van der Waals surface area contributed by atoms with Crippen molar-refractivity contribution in [3.05, 3.63) is 78.2 Å². The van der Waals surface area contributed by atoms with Gasteiger partial charge in [-0.05, 0) is 43.7 Å². The first-order valence-electron chi connectivity index (χ1n) is 9.34. The molecule has 2 aromatic carbocycles. The van der Waals surface area contributed by atoms with Gasteiger partial charge in [-0.2, -0.15) is 0 Å². The van der Waals surface area contributed by atoms with E-state index in [4.69, 9.17) is 4.74 Å². The van der Waals surface area contributed by atoms with Crippen LogP contribution >= 0.6 is 0 Å². The van der Waals surface area contributed by atoms with E-state index in [0.717, 1.165) is 18.1 Å². The van der Waals surface area contributed by atoms with Gasteiger partial charge in [-0.3, -0.25) is 4.79 Å². The number of aromatic nitrogens is 2. The van der Waals surface area contributed by atoms with Gasteiger partial charge in [-0.25, -0.2) is 9.97 Å². The zero-order valence-corrected chi connectivity index (χ0v) is 16.1. The lowest BCUT2D eigenvalue weighted by molar-refractivity contribution is 0.102. The summed E-state index contributed by atoms with van der Waals surface area (Å²) in [4.78, 5) is 23.2. The van der Waals surface area contributed by atoms with Crippen LogP contribution in [0.15, 0.2) is 67.0 Å². The van der Waals surface area contributed by atoms with Gasteiger partial charge in [0.05, 0.1) is 6.61 Å². The molecule has 1 aromatic heterocycles. The van der Waals surface area contributed by atoms with Gasteiger partial charge in [-0.1, -0.05) is 30.3 Å². The molecule has 0 fully saturated rings. The molecule has 0 saturated carbocycles. The first-order chi connectivity index (χ1) is 13.7. The van der Waals surface area contributed by atoms with Crippen molar-refractivity contribution < 1.29 is 9.53 Å². The molecule has 0 atom stereocenters. The maximum absolute atomic E-state index is 12.6. The van der Waals surface area contributed by atoms with E-state index < -0.39 is 0 Å². The van der Waals surface area contributed by atoms with Crippen LogP contribution in [0, 0.1) is 0 Å². The minimum Gasteiger partial charge on any atom is -0.494 e. The minimum atomic E-state index is -0.274. The van der Waals surface area contributed by atoms with Crippen molar-refractivity contribution in [1.82, 2.24) is 9.97 Å². The second-order valence-corrected chi connectivity index (χ2v) is 6.17. The molecule has 1 N–H and O–H groups in total. The number of anilines is 2. The van der Waals surface area contributed by atoms with Gasteiger partial charge in [0.15, 0.2) is 0 Å². The van der Waals surface area contributed by atoms with E-state index in [1.807, 2.05) is 37.3 Å². The average Bonchev–Trinajstić information content (AvgIpc) is 2.74. The monoisotopic (exact) mass is 376 g/mol. The number of nitrogens with one attached hydrogen (secondary N) is 1. The molecule has 3 rings (SSSR count). The summed E-state index contributed by atoms with van der Waals surface area (Å²) in [5.41, 5.74) is 2.19. The van der Waals surface area contributed by atoms with E-state index in [9.17, 15) is 4.79 Å². The van der Waals surface area contributed by atoms with Crippen molar-refractivity contribution in [1.29, 1.82) is 0 Å². The molecule has 6 nitrogen and oxygen atoms in total. The summed E-state index contributed by atoms with van der Waals surface area (Å²) >= 11 is 0. The zero-order valence-electron chi connectivity index (χ0n) is 16.1. The molecule has 6 heteroatoms. The lowest BCUT2D eigenvalue weighted by Gasteiger charge is -2.22. The smallest absolute Gasteiger partial charge is 0.274 e. The molecule has 1 heterocycles. The van der Waals surface area contributed by atoms with Crippen LogP contribution in [0.4, 0.5) is 11.5 Å². The van der Waals surface area contributed by atoms with E-state index in [2.05, 4.69) is 39.2 Å². The van der Waals surface area contributed by atoms with Crippen molar-refractivity contribution in [2.75, 3.05) is 23.4 Å². The maximum Gasteiger partial charge on any atom is 0.274 e. The second-order valence-electron chi connectivity index (χ2n) is 6.17. The van der Waals surface area contributed by atoms with Crippen molar-refractivity contribution in [2.24, 2.45) is 0 Å². The molecule has 0 bridgehead atoms. The van der Waals surface area contributed by atoms with Crippen LogP contribution < -0.4 is 15.0 Å². The Bertz CT molecular complexity index is 898. The highest BCUT2D eigenvalue weighted by Gasteiger charge is 2.13. The molecule has 0 spiro atoms. The molecule has 0 aliphatic carbocycles. The van der Waals surface area contributed by atoms with Gasteiger partial charge < -0.3 is 15.0 Å². The molecule has 0 radical (unpaired) electrons. The van der Waals surface area contributed by atoms with Crippen LogP contribution in [-0.4, -0.2) is 29.0 Å². The normalized spacial score (nSPS) is 10.4. The topological polar surface area (TPSA) is 67.3 Å². The highest BCUT2D eigenvalue weighted by atomic mass is 16.5. The Morgan fingerprint density at radius 2 is 1.79 bits per heavy atom. The van der Waals surface area contributed by atoms with Crippen LogP contribution in [0.25, 0.3) is 0 Å². The van der Waals surface area contributed by atoms with Crippen molar-refractivity contribution in [3.8, 4) is 5.75 Å². The Hall–Kier alpha value is -3.41. The zero-order chi connectivity index (χ0) is 19.8. The lowest BCUT2D eigenvalue weighted by atomic mass is 10.2. The number of rotatable bonds is 8. The van der Waals surface area contributed by atoms with Gasteiger partial charge in [-0.15, -0.1) is 0 Å². The molecule has 0 aliphatic heterocycles. The fourth-order valence-electron chi connectivity index (χ4n) is 2.80. The van der Waals surface area contributed by atoms with E-state index in [-0.39, 0.29) is 5.91 Å². The summed E-state index contributed by atoms with van der Waals surface area (Å²) in [5.74, 6) is 1.21. The second kappa shape index (κ2) is 9.50. The molecule has 0 unspecified atom stereocenters. The van der Waals surface area contributed by atoms with Crippen molar-refractivity contribution in [2.45, 2.75) is 20.4 Å². The van der Waals surface area contributed by atoms with E-state index in [1.54, 1.807) is 18.2 Å². The van der Waals surface area contributed by atoms with Gasteiger partial charge >= 0.3 is 0 Å².